The SMILES string of the molecule is CCc1c(N)noc1-c1cc(Br)ccc1Cl. The monoisotopic (exact) mass is 300 g/mol. The number of anilines is 1. The van der Waals surface area contributed by atoms with Gasteiger partial charge < -0.3 is 10.3 Å². The Kier molecular flexibility index (Phi) is 3.21. The van der Waals surface area contributed by atoms with E-state index in [1.165, 1.54) is 0 Å². The molecule has 0 aliphatic carbocycles. The Bertz CT molecular complexity index is 525. The molecule has 0 saturated heterocycles. The van der Waals surface area contributed by atoms with Gasteiger partial charge in [0, 0.05) is 15.6 Å². The van der Waals surface area contributed by atoms with Crippen molar-refractivity contribution in [1.82, 2.24) is 5.16 Å². The van der Waals surface area contributed by atoms with Crippen molar-refractivity contribution >= 4 is 33.3 Å². The molecule has 0 radical (unpaired) electrons. The van der Waals surface area contributed by atoms with E-state index in [4.69, 9.17) is 21.9 Å². The molecule has 0 aliphatic heterocycles. The van der Waals surface area contributed by atoms with Crippen LogP contribution in [0.2, 0.25) is 5.02 Å². The second-order valence-electron chi connectivity index (χ2n) is 3.35. The number of hydrogen-bond donors (Lipinski definition) is 1. The first kappa shape index (κ1) is 11.5. The summed E-state index contributed by atoms with van der Waals surface area (Å²) in [4.78, 5) is 0. The van der Waals surface area contributed by atoms with Gasteiger partial charge in [-0.25, -0.2) is 0 Å². The van der Waals surface area contributed by atoms with Crippen LogP contribution >= 0.6 is 27.5 Å². The third-order valence-electron chi connectivity index (χ3n) is 2.35. The van der Waals surface area contributed by atoms with Crippen LogP contribution < -0.4 is 5.73 Å². The number of benzene rings is 1. The van der Waals surface area contributed by atoms with Gasteiger partial charge >= 0.3 is 0 Å². The van der Waals surface area contributed by atoms with E-state index in [-0.39, 0.29) is 0 Å². The van der Waals surface area contributed by atoms with Crippen molar-refractivity contribution in [3.63, 3.8) is 0 Å². The van der Waals surface area contributed by atoms with Gasteiger partial charge in [-0.2, -0.15) is 0 Å². The number of halogens is 2. The summed E-state index contributed by atoms with van der Waals surface area (Å²) < 4.78 is 6.16. The van der Waals surface area contributed by atoms with E-state index in [0.29, 0.717) is 16.6 Å². The van der Waals surface area contributed by atoms with Crippen molar-refractivity contribution in [3.8, 4) is 11.3 Å². The van der Waals surface area contributed by atoms with E-state index in [0.717, 1.165) is 22.0 Å². The first-order chi connectivity index (χ1) is 7.63. The Labute approximate surface area is 107 Å². The Morgan fingerprint density at radius 2 is 2.25 bits per heavy atom. The van der Waals surface area contributed by atoms with E-state index < -0.39 is 0 Å². The third kappa shape index (κ3) is 1.95. The molecule has 2 N–H and O–H groups in total. The van der Waals surface area contributed by atoms with E-state index in [1.54, 1.807) is 6.07 Å². The molecular formula is C11H10BrClN2O. The highest BCUT2D eigenvalue weighted by molar-refractivity contribution is 9.10. The molecule has 1 heterocycles. The lowest BCUT2D eigenvalue weighted by Crippen LogP contribution is -1.91. The molecule has 0 fully saturated rings. The molecule has 84 valence electrons. The summed E-state index contributed by atoms with van der Waals surface area (Å²) in [6.45, 7) is 2.00. The maximum Gasteiger partial charge on any atom is 0.173 e. The van der Waals surface area contributed by atoms with Gasteiger partial charge in [0.25, 0.3) is 0 Å². The Morgan fingerprint density at radius 1 is 1.50 bits per heavy atom. The summed E-state index contributed by atoms with van der Waals surface area (Å²) in [5, 5.41) is 4.38. The number of nitrogen functional groups attached to an aromatic ring is 1. The molecule has 1 aromatic heterocycles. The number of nitrogens with two attached hydrogens (primary N) is 1. The maximum atomic E-state index is 6.12. The van der Waals surface area contributed by atoms with Gasteiger partial charge in [-0.3, -0.25) is 0 Å². The van der Waals surface area contributed by atoms with Gasteiger partial charge in [0.05, 0.1) is 5.02 Å². The van der Waals surface area contributed by atoms with E-state index in [9.17, 15) is 0 Å². The van der Waals surface area contributed by atoms with Gasteiger partial charge in [-0.15, -0.1) is 0 Å². The highest BCUT2D eigenvalue weighted by atomic mass is 79.9. The van der Waals surface area contributed by atoms with Crippen molar-refractivity contribution in [3.05, 3.63) is 33.3 Å². The minimum atomic E-state index is 0.425. The van der Waals surface area contributed by atoms with Crippen LogP contribution in [0.4, 0.5) is 5.82 Å². The van der Waals surface area contributed by atoms with Gasteiger partial charge in [0.2, 0.25) is 0 Å². The number of hydrogen-bond acceptors (Lipinski definition) is 3. The molecule has 0 unspecified atom stereocenters. The zero-order valence-electron chi connectivity index (χ0n) is 8.63. The summed E-state index contributed by atoms with van der Waals surface area (Å²) in [5.74, 6) is 1.07. The van der Waals surface area contributed by atoms with Gasteiger partial charge in [-0.05, 0) is 24.6 Å². The highest BCUT2D eigenvalue weighted by Gasteiger charge is 2.16. The molecule has 16 heavy (non-hydrogen) atoms. The second-order valence-corrected chi connectivity index (χ2v) is 4.68. The van der Waals surface area contributed by atoms with Crippen molar-refractivity contribution in [2.75, 3.05) is 5.73 Å². The van der Waals surface area contributed by atoms with Crippen molar-refractivity contribution in [2.24, 2.45) is 0 Å². The van der Waals surface area contributed by atoms with Crippen molar-refractivity contribution in [1.29, 1.82) is 0 Å². The minimum Gasteiger partial charge on any atom is -0.381 e. The van der Waals surface area contributed by atoms with Crippen LogP contribution in [0.25, 0.3) is 11.3 Å². The lowest BCUT2D eigenvalue weighted by atomic mass is 10.1. The van der Waals surface area contributed by atoms with E-state index in [1.807, 2.05) is 19.1 Å². The summed E-state index contributed by atoms with van der Waals surface area (Å²) in [5.41, 5.74) is 7.41. The number of rotatable bonds is 2. The fraction of sp³-hybridized carbons (Fsp3) is 0.182. The molecule has 0 spiro atoms. The Hall–Kier alpha value is -1.000. The van der Waals surface area contributed by atoms with E-state index >= 15 is 0 Å². The highest BCUT2D eigenvalue weighted by Crippen LogP contribution is 2.35. The molecule has 0 bridgehead atoms. The lowest BCUT2D eigenvalue weighted by Gasteiger charge is -2.03. The van der Waals surface area contributed by atoms with Crippen LogP contribution in [0.3, 0.4) is 0 Å². The summed E-state index contributed by atoms with van der Waals surface area (Å²) in [6, 6.07) is 5.57. The predicted octanol–water partition coefficient (Wildman–Crippen LogP) is 3.90. The fourth-order valence-electron chi connectivity index (χ4n) is 1.55. The van der Waals surface area contributed by atoms with Gasteiger partial charge in [0.15, 0.2) is 11.6 Å². The zero-order valence-corrected chi connectivity index (χ0v) is 11.0. The quantitative estimate of drug-likeness (QED) is 0.915. The van der Waals surface area contributed by atoms with Crippen LogP contribution in [0.5, 0.6) is 0 Å². The maximum absolute atomic E-state index is 6.12. The van der Waals surface area contributed by atoms with E-state index in [2.05, 4.69) is 21.1 Å². The molecule has 3 nitrogen and oxygen atoms in total. The van der Waals surface area contributed by atoms with Crippen LogP contribution in [0.15, 0.2) is 27.2 Å². The fourth-order valence-corrected chi connectivity index (χ4v) is 2.11. The molecule has 2 rings (SSSR count). The zero-order chi connectivity index (χ0) is 11.7. The normalized spacial score (nSPS) is 10.7. The molecule has 0 aliphatic rings. The Morgan fingerprint density at radius 3 is 2.94 bits per heavy atom. The van der Waals surface area contributed by atoms with Crippen molar-refractivity contribution in [2.45, 2.75) is 13.3 Å². The Balaban J connectivity index is 2.62. The lowest BCUT2D eigenvalue weighted by molar-refractivity contribution is 0.435. The predicted molar refractivity (Wildman–Crippen MR) is 68.4 cm³/mol. The number of nitrogens with zero attached hydrogens (tertiary/aromatic N) is 1. The summed E-state index contributed by atoms with van der Waals surface area (Å²) in [6.07, 6.45) is 0.757. The summed E-state index contributed by atoms with van der Waals surface area (Å²) >= 11 is 9.51. The largest absolute Gasteiger partial charge is 0.381 e. The third-order valence-corrected chi connectivity index (χ3v) is 3.17. The molecule has 1 aromatic carbocycles. The van der Waals surface area contributed by atoms with Crippen LogP contribution in [0, 0.1) is 0 Å². The molecular weight excluding hydrogens is 291 g/mol. The topological polar surface area (TPSA) is 52.0 Å². The van der Waals surface area contributed by atoms with Crippen LogP contribution in [0.1, 0.15) is 12.5 Å². The molecule has 5 heteroatoms. The van der Waals surface area contributed by atoms with Gasteiger partial charge in [0.1, 0.15) is 0 Å². The molecule has 2 aromatic rings. The first-order valence-corrected chi connectivity index (χ1v) is 6.00. The average Bonchev–Trinajstić information content (AvgIpc) is 2.63. The molecule has 0 saturated carbocycles. The average molecular weight is 302 g/mol. The molecule has 0 amide bonds. The van der Waals surface area contributed by atoms with Crippen molar-refractivity contribution < 1.29 is 4.52 Å². The van der Waals surface area contributed by atoms with Crippen LogP contribution in [-0.2, 0) is 6.42 Å². The second kappa shape index (κ2) is 4.47. The molecule has 0 atom stereocenters. The smallest absolute Gasteiger partial charge is 0.173 e. The number of aromatic nitrogens is 1. The minimum absolute atomic E-state index is 0.425. The summed E-state index contributed by atoms with van der Waals surface area (Å²) in [7, 11) is 0. The first-order valence-electron chi connectivity index (χ1n) is 4.83. The van der Waals surface area contributed by atoms with Gasteiger partial charge in [-0.1, -0.05) is 39.6 Å². The standard InChI is InChI=1S/C11H10BrClN2O/c1-2-7-10(16-15-11(7)14)8-5-6(12)3-4-9(8)13/h3-5H,2H2,1H3,(H2,14,15). The van der Waals surface area contributed by atoms with Crippen LogP contribution in [-0.4, -0.2) is 5.16 Å².